The Bertz CT molecular complexity index is 627. The maximum atomic E-state index is 12.4. The van der Waals surface area contributed by atoms with Gasteiger partial charge in [0.2, 0.25) is 0 Å². The molecule has 1 aliphatic carbocycles. The SMILES string of the molecule is CC(C)CCC(=O)c1ccc2c3c(cccc13)CC2. The summed E-state index contributed by atoms with van der Waals surface area (Å²) in [5, 5.41) is 2.51. The van der Waals surface area contributed by atoms with Crippen LogP contribution < -0.4 is 0 Å². The van der Waals surface area contributed by atoms with Gasteiger partial charge in [0.05, 0.1) is 0 Å². The molecule has 0 saturated carbocycles. The summed E-state index contributed by atoms with van der Waals surface area (Å²) in [7, 11) is 0. The van der Waals surface area contributed by atoms with E-state index in [9.17, 15) is 4.79 Å². The van der Waals surface area contributed by atoms with Gasteiger partial charge in [-0.25, -0.2) is 0 Å². The fraction of sp³-hybridized carbons (Fsp3) is 0.389. The Labute approximate surface area is 114 Å². The Morgan fingerprint density at radius 1 is 1.11 bits per heavy atom. The van der Waals surface area contributed by atoms with E-state index < -0.39 is 0 Å². The Morgan fingerprint density at radius 2 is 1.84 bits per heavy atom. The summed E-state index contributed by atoms with van der Waals surface area (Å²) in [5.74, 6) is 0.880. The number of carbonyl (C=O) groups is 1. The van der Waals surface area contributed by atoms with Crippen LogP contribution in [0.3, 0.4) is 0 Å². The number of benzene rings is 2. The maximum Gasteiger partial charge on any atom is 0.163 e. The molecule has 0 radical (unpaired) electrons. The number of rotatable bonds is 4. The quantitative estimate of drug-likeness (QED) is 0.729. The molecule has 0 amide bonds. The summed E-state index contributed by atoms with van der Waals surface area (Å²) >= 11 is 0. The van der Waals surface area contributed by atoms with Gasteiger partial charge in [0.25, 0.3) is 0 Å². The molecule has 3 rings (SSSR count). The van der Waals surface area contributed by atoms with Crippen LogP contribution in [-0.2, 0) is 12.8 Å². The third-order valence-corrected chi connectivity index (χ3v) is 4.13. The van der Waals surface area contributed by atoms with Crippen molar-refractivity contribution in [2.24, 2.45) is 5.92 Å². The normalized spacial score (nSPS) is 13.4. The van der Waals surface area contributed by atoms with Crippen molar-refractivity contribution in [3.8, 4) is 0 Å². The number of hydrogen-bond acceptors (Lipinski definition) is 1. The van der Waals surface area contributed by atoms with E-state index in [2.05, 4.69) is 38.1 Å². The van der Waals surface area contributed by atoms with E-state index in [0.717, 1.165) is 24.8 Å². The zero-order valence-electron chi connectivity index (χ0n) is 11.7. The molecule has 0 heterocycles. The van der Waals surface area contributed by atoms with Gasteiger partial charge in [-0.2, -0.15) is 0 Å². The summed E-state index contributed by atoms with van der Waals surface area (Å²) in [4.78, 5) is 12.4. The number of ketones is 1. The highest BCUT2D eigenvalue weighted by atomic mass is 16.1. The summed E-state index contributed by atoms with van der Waals surface area (Å²) in [6.07, 6.45) is 3.88. The van der Waals surface area contributed by atoms with E-state index in [0.29, 0.717) is 18.1 Å². The standard InChI is InChI=1S/C18H20O/c1-12(2)6-11-17(19)15-10-9-14-8-7-13-4-3-5-16(15)18(13)14/h3-5,9-10,12H,6-8,11H2,1-2H3. The molecule has 0 atom stereocenters. The van der Waals surface area contributed by atoms with Gasteiger partial charge in [0, 0.05) is 12.0 Å². The van der Waals surface area contributed by atoms with Crippen molar-refractivity contribution in [3.63, 3.8) is 0 Å². The van der Waals surface area contributed by atoms with Crippen molar-refractivity contribution in [2.75, 3.05) is 0 Å². The van der Waals surface area contributed by atoms with Crippen LogP contribution in [-0.4, -0.2) is 5.78 Å². The number of hydrogen-bond donors (Lipinski definition) is 0. The van der Waals surface area contributed by atoms with Crippen LogP contribution in [0.15, 0.2) is 30.3 Å². The molecule has 98 valence electrons. The smallest absolute Gasteiger partial charge is 0.163 e. The second-order valence-corrected chi connectivity index (χ2v) is 5.97. The Hall–Kier alpha value is -1.63. The molecule has 0 saturated heterocycles. The molecule has 0 fully saturated rings. The molecule has 1 aliphatic rings. The van der Waals surface area contributed by atoms with Crippen molar-refractivity contribution < 1.29 is 4.79 Å². The highest BCUT2D eigenvalue weighted by Crippen LogP contribution is 2.33. The first kappa shape index (κ1) is 12.4. The fourth-order valence-corrected chi connectivity index (χ4v) is 3.04. The fourth-order valence-electron chi connectivity index (χ4n) is 3.04. The average molecular weight is 252 g/mol. The first-order chi connectivity index (χ1) is 9.16. The van der Waals surface area contributed by atoms with Crippen molar-refractivity contribution in [1.29, 1.82) is 0 Å². The van der Waals surface area contributed by atoms with Crippen LogP contribution in [0, 0.1) is 5.92 Å². The lowest BCUT2D eigenvalue weighted by atomic mass is 9.94. The first-order valence-electron chi connectivity index (χ1n) is 7.23. The lowest BCUT2D eigenvalue weighted by Gasteiger charge is -2.09. The number of Topliss-reactive ketones (excluding diaryl/α,β-unsaturated/α-hetero) is 1. The molecular weight excluding hydrogens is 232 g/mol. The predicted octanol–water partition coefficient (Wildman–Crippen LogP) is 4.56. The van der Waals surface area contributed by atoms with Gasteiger partial charge in [-0.3, -0.25) is 4.79 Å². The monoisotopic (exact) mass is 252 g/mol. The topological polar surface area (TPSA) is 17.1 Å². The summed E-state index contributed by atoms with van der Waals surface area (Å²) in [6.45, 7) is 4.33. The van der Waals surface area contributed by atoms with Gasteiger partial charge in [0.15, 0.2) is 5.78 Å². The third-order valence-electron chi connectivity index (χ3n) is 4.13. The molecule has 0 aliphatic heterocycles. The van der Waals surface area contributed by atoms with Crippen molar-refractivity contribution in [1.82, 2.24) is 0 Å². The Morgan fingerprint density at radius 3 is 2.58 bits per heavy atom. The van der Waals surface area contributed by atoms with Gasteiger partial charge in [0.1, 0.15) is 0 Å². The second-order valence-electron chi connectivity index (χ2n) is 5.97. The molecule has 1 nitrogen and oxygen atoms in total. The van der Waals surface area contributed by atoms with Crippen molar-refractivity contribution >= 4 is 16.6 Å². The lowest BCUT2D eigenvalue weighted by Crippen LogP contribution is -2.02. The molecular formula is C18H20O. The highest BCUT2D eigenvalue weighted by molar-refractivity contribution is 6.10. The van der Waals surface area contributed by atoms with Crippen LogP contribution in [0.25, 0.3) is 10.8 Å². The third kappa shape index (κ3) is 2.18. The van der Waals surface area contributed by atoms with Gasteiger partial charge in [-0.15, -0.1) is 0 Å². The molecule has 0 unspecified atom stereocenters. The highest BCUT2D eigenvalue weighted by Gasteiger charge is 2.18. The summed E-state index contributed by atoms with van der Waals surface area (Å²) in [6, 6.07) is 10.6. The van der Waals surface area contributed by atoms with E-state index in [1.165, 1.54) is 21.9 Å². The molecule has 0 aromatic heterocycles. The molecule has 2 aromatic rings. The van der Waals surface area contributed by atoms with Crippen LogP contribution >= 0.6 is 0 Å². The summed E-state index contributed by atoms with van der Waals surface area (Å²) in [5.41, 5.74) is 3.74. The van der Waals surface area contributed by atoms with E-state index in [-0.39, 0.29) is 0 Å². The second kappa shape index (κ2) is 4.80. The lowest BCUT2D eigenvalue weighted by molar-refractivity contribution is 0.0977. The Kier molecular flexibility index (Phi) is 3.14. The van der Waals surface area contributed by atoms with Crippen LogP contribution in [0.4, 0.5) is 0 Å². The Balaban J connectivity index is 2.04. The molecule has 2 aromatic carbocycles. The average Bonchev–Trinajstić information content (AvgIpc) is 2.82. The van der Waals surface area contributed by atoms with Crippen LogP contribution in [0.5, 0.6) is 0 Å². The maximum absolute atomic E-state index is 12.4. The van der Waals surface area contributed by atoms with Gasteiger partial charge >= 0.3 is 0 Å². The number of aryl methyl sites for hydroxylation is 2. The molecule has 0 spiro atoms. The largest absolute Gasteiger partial charge is 0.294 e. The van der Waals surface area contributed by atoms with E-state index in [1.807, 2.05) is 6.07 Å². The van der Waals surface area contributed by atoms with Crippen molar-refractivity contribution in [2.45, 2.75) is 39.5 Å². The summed E-state index contributed by atoms with van der Waals surface area (Å²) < 4.78 is 0. The minimum atomic E-state index is 0.296. The van der Waals surface area contributed by atoms with E-state index in [1.54, 1.807) is 0 Å². The first-order valence-corrected chi connectivity index (χ1v) is 7.23. The van der Waals surface area contributed by atoms with Crippen LogP contribution in [0.1, 0.15) is 48.2 Å². The van der Waals surface area contributed by atoms with Gasteiger partial charge < -0.3 is 0 Å². The number of carbonyl (C=O) groups excluding carboxylic acids is 1. The predicted molar refractivity (Wildman–Crippen MR) is 79.8 cm³/mol. The molecule has 0 N–H and O–H groups in total. The van der Waals surface area contributed by atoms with Crippen LogP contribution in [0.2, 0.25) is 0 Å². The van der Waals surface area contributed by atoms with E-state index in [4.69, 9.17) is 0 Å². The minimum Gasteiger partial charge on any atom is -0.294 e. The van der Waals surface area contributed by atoms with Gasteiger partial charge in [-0.1, -0.05) is 44.2 Å². The molecule has 1 heteroatoms. The molecule has 19 heavy (non-hydrogen) atoms. The minimum absolute atomic E-state index is 0.296. The molecule has 0 bridgehead atoms. The zero-order chi connectivity index (χ0) is 13.4. The van der Waals surface area contributed by atoms with E-state index >= 15 is 0 Å². The van der Waals surface area contributed by atoms with Gasteiger partial charge in [-0.05, 0) is 47.1 Å². The van der Waals surface area contributed by atoms with Crippen molar-refractivity contribution in [3.05, 3.63) is 47.0 Å². The zero-order valence-corrected chi connectivity index (χ0v) is 11.7.